The highest BCUT2D eigenvalue weighted by Gasteiger charge is 2.13. The van der Waals surface area contributed by atoms with E-state index in [4.69, 9.17) is 4.52 Å². The van der Waals surface area contributed by atoms with Crippen molar-refractivity contribution < 1.29 is 14.1 Å². The Morgan fingerprint density at radius 1 is 1.13 bits per heavy atom. The summed E-state index contributed by atoms with van der Waals surface area (Å²) in [5.41, 5.74) is 0.798. The van der Waals surface area contributed by atoms with Gasteiger partial charge in [0.25, 0.3) is 0 Å². The third kappa shape index (κ3) is 5.17. The number of nitrogens with zero attached hydrogens (tertiary/aromatic N) is 3. The molecule has 4 heterocycles. The Kier molecular flexibility index (Phi) is 6.31. The molecule has 0 aliphatic heterocycles. The van der Waals surface area contributed by atoms with E-state index in [1.807, 2.05) is 35.0 Å². The molecule has 11 heteroatoms. The van der Waals surface area contributed by atoms with Crippen molar-refractivity contribution in [1.82, 2.24) is 20.4 Å². The lowest BCUT2D eigenvalue weighted by Crippen LogP contribution is -2.17. The van der Waals surface area contributed by atoms with Gasteiger partial charge in [0.1, 0.15) is 0 Å². The van der Waals surface area contributed by atoms with Gasteiger partial charge in [0, 0.05) is 30.0 Å². The van der Waals surface area contributed by atoms with Crippen LogP contribution in [0.2, 0.25) is 0 Å². The van der Waals surface area contributed by atoms with Crippen molar-refractivity contribution >= 4 is 51.0 Å². The van der Waals surface area contributed by atoms with Gasteiger partial charge in [-0.3, -0.25) is 9.59 Å². The molecular weight excluding hydrogens is 442 g/mol. The van der Waals surface area contributed by atoms with Crippen LogP contribution in [0.5, 0.6) is 0 Å². The van der Waals surface area contributed by atoms with Crippen LogP contribution in [0.25, 0.3) is 21.3 Å². The largest absolute Gasteiger partial charge is 0.351 e. The number of aryl methyl sites for hydroxylation is 1. The van der Waals surface area contributed by atoms with Crippen LogP contribution in [-0.4, -0.2) is 26.9 Å². The Balaban J connectivity index is 1.29. The van der Waals surface area contributed by atoms with E-state index >= 15 is 0 Å². The van der Waals surface area contributed by atoms with E-state index in [1.165, 1.54) is 29.6 Å². The van der Waals surface area contributed by atoms with E-state index < -0.39 is 0 Å². The fourth-order valence-electron chi connectivity index (χ4n) is 2.53. The summed E-state index contributed by atoms with van der Waals surface area (Å²) in [5, 5.41) is 13.9. The molecule has 0 aliphatic rings. The van der Waals surface area contributed by atoms with Gasteiger partial charge in [0.2, 0.25) is 23.5 Å². The summed E-state index contributed by atoms with van der Waals surface area (Å²) in [6.45, 7) is 1.99. The molecule has 4 aromatic rings. The van der Waals surface area contributed by atoms with Crippen LogP contribution in [0.15, 0.2) is 39.5 Å². The maximum absolute atomic E-state index is 12.3. The lowest BCUT2D eigenvalue weighted by atomic mass is 10.3. The van der Waals surface area contributed by atoms with Crippen molar-refractivity contribution in [3.63, 3.8) is 0 Å². The van der Waals surface area contributed by atoms with E-state index in [0.717, 1.165) is 20.3 Å². The Labute approximate surface area is 184 Å². The zero-order valence-corrected chi connectivity index (χ0v) is 18.3. The molecule has 0 saturated heterocycles. The first-order chi connectivity index (χ1) is 14.6. The predicted octanol–water partition coefficient (Wildman–Crippen LogP) is 4.19. The maximum atomic E-state index is 12.3. The molecule has 2 N–H and O–H groups in total. The normalized spacial score (nSPS) is 10.8. The van der Waals surface area contributed by atoms with E-state index in [9.17, 15) is 9.59 Å². The highest BCUT2D eigenvalue weighted by Crippen LogP contribution is 2.31. The molecule has 0 spiro atoms. The van der Waals surface area contributed by atoms with Crippen molar-refractivity contribution in [2.75, 3.05) is 5.32 Å². The third-order valence-corrected chi connectivity index (χ3v) is 6.68. The highest BCUT2D eigenvalue weighted by atomic mass is 32.1. The topological polar surface area (TPSA) is 110 Å². The average molecular weight is 460 g/mol. The van der Waals surface area contributed by atoms with Crippen molar-refractivity contribution in [3.05, 3.63) is 45.8 Å². The molecule has 0 aromatic carbocycles. The lowest BCUT2D eigenvalue weighted by molar-refractivity contribution is -0.119. The summed E-state index contributed by atoms with van der Waals surface area (Å²) in [4.78, 5) is 35.0. The first-order valence-electron chi connectivity index (χ1n) is 9.02. The minimum Gasteiger partial charge on any atom is -0.351 e. The van der Waals surface area contributed by atoms with E-state index in [1.54, 1.807) is 11.3 Å². The fraction of sp³-hybridized carbons (Fsp3) is 0.211. The fourth-order valence-corrected chi connectivity index (χ4v) is 4.89. The maximum Gasteiger partial charge on any atom is 0.227 e. The molecule has 0 bridgehead atoms. The van der Waals surface area contributed by atoms with Gasteiger partial charge in [-0.15, -0.1) is 34.0 Å². The Bertz CT molecular complexity index is 1150. The summed E-state index contributed by atoms with van der Waals surface area (Å²) >= 11 is 4.46. The molecule has 4 aromatic heterocycles. The number of anilines is 1. The molecular formula is C19H17N5O3S3. The molecule has 0 aliphatic carbocycles. The zero-order chi connectivity index (χ0) is 20.9. The first-order valence-corrected chi connectivity index (χ1v) is 11.6. The molecule has 0 unspecified atom stereocenters. The van der Waals surface area contributed by atoms with Gasteiger partial charge in [-0.25, -0.2) is 4.98 Å². The van der Waals surface area contributed by atoms with Gasteiger partial charge in [-0.05, 0) is 23.6 Å². The summed E-state index contributed by atoms with van der Waals surface area (Å²) in [6.07, 6.45) is 0.584. The average Bonchev–Trinajstić information content (AvgIpc) is 3.52. The lowest BCUT2D eigenvalue weighted by Gasteiger charge is -1.99. The van der Waals surface area contributed by atoms with Crippen molar-refractivity contribution in [1.29, 1.82) is 0 Å². The Morgan fingerprint density at radius 3 is 2.83 bits per heavy atom. The third-order valence-electron chi connectivity index (χ3n) is 3.95. The van der Waals surface area contributed by atoms with Gasteiger partial charge >= 0.3 is 0 Å². The second-order valence-electron chi connectivity index (χ2n) is 6.25. The summed E-state index contributed by atoms with van der Waals surface area (Å²) in [6, 6.07) is 7.76. The first kappa shape index (κ1) is 20.4. The van der Waals surface area contributed by atoms with Crippen molar-refractivity contribution in [2.45, 2.75) is 26.3 Å². The van der Waals surface area contributed by atoms with Crippen LogP contribution in [-0.2, 0) is 22.6 Å². The molecule has 0 atom stereocenters. The van der Waals surface area contributed by atoms with Gasteiger partial charge < -0.3 is 15.2 Å². The highest BCUT2D eigenvalue weighted by molar-refractivity contribution is 7.17. The number of hydrogen-bond donors (Lipinski definition) is 2. The summed E-state index contributed by atoms with van der Waals surface area (Å²) < 4.78 is 5.22. The quantitative estimate of drug-likeness (QED) is 0.409. The number of carbonyl (C=O) groups is 2. The SMILES string of the molecule is CC(=O)NCc1ccc(-c2csc(NC(=O)CCc3nc(-c4cccs4)no3)n2)s1. The zero-order valence-electron chi connectivity index (χ0n) is 15.9. The molecule has 8 nitrogen and oxygen atoms in total. The van der Waals surface area contributed by atoms with Crippen molar-refractivity contribution in [3.8, 4) is 21.3 Å². The number of hydrogen-bond acceptors (Lipinski definition) is 9. The van der Waals surface area contributed by atoms with Crippen LogP contribution < -0.4 is 10.6 Å². The van der Waals surface area contributed by atoms with Gasteiger partial charge in [-0.1, -0.05) is 11.2 Å². The summed E-state index contributed by atoms with van der Waals surface area (Å²) in [5.74, 6) is 0.744. The molecule has 2 amide bonds. The molecule has 30 heavy (non-hydrogen) atoms. The van der Waals surface area contributed by atoms with Crippen LogP contribution in [0.1, 0.15) is 24.1 Å². The van der Waals surface area contributed by atoms with E-state index in [0.29, 0.717) is 29.8 Å². The molecule has 0 fully saturated rings. The monoisotopic (exact) mass is 459 g/mol. The number of thiophene rings is 2. The number of carbonyl (C=O) groups excluding carboxylic acids is 2. The number of nitrogens with one attached hydrogen (secondary N) is 2. The molecule has 4 rings (SSSR count). The van der Waals surface area contributed by atoms with Gasteiger partial charge in [0.05, 0.1) is 22.0 Å². The van der Waals surface area contributed by atoms with Gasteiger partial charge in [0.15, 0.2) is 5.13 Å². The number of aromatic nitrogens is 3. The van der Waals surface area contributed by atoms with Crippen LogP contribution in [0.4, 0.5) is 5.13 Å². The summed E-state index contributed by atoms with van der Waals surface area (Å²) in [7, 11) is 0. The standard InChI is InChI=1S/C19H17N5O3S3/c1-11(25)20-9-12-4-5-14(30-12)13-10-29-19(21-13)22-16(26)6-7-17-23-18(24-27-17)15-3-2-8-28-15/h2-5,8,10H,6-7,9H2,1H3,(H,20,25)(H,21,22,26). The number of thiazole rings is 1. The molecule has 154 valence electrons. The second-order valence-corrected chi connectivity index (χ2v) is 9.22. The van der Waals surface area contributed by atoms with Crippen LogP contribution in [0.3, 0.4) is 0 Å². The Hall–Kier alpha value is -2.89. The van der Waals surface area contributed by atoms with Crippen LogP contribution >= 0.6 is 34.0 Å². The van der Waals surface area contributed by atoms with Gasteiger partial charge in [-0.2, -0.15) is 4.98 Å². The predicted molar refractivity (Wildman–Crippen MR) is 118 cm³/mol. The van der Waals surface area contributed by atoms with E-state index in [-0.39, 0.29) is 18.2 Å². The smallest absolute Gasteiger partial charge is 0.227 e. The van der Waals surface area contributed by atoms with Crippen molar-refractivity contribution in [2.24, 2.45) is 0 Å². The number of rotatable bonds is 8. The Morgan fingerprint density at radius 2 is 2.03 bits per heavy atom. The minimum atomic E-state index is -0.163. The number of amides is 2. The van der Waals surface area contributed by atoms with Crippen LogP contribution in [0, 0.1) is 0 Å². The molecule has 0 radical (unpaired) electrons. The second kappa shape index (κ2) is 9.28. The minimum absolute atomic E-state index is 0.0631. The molecule has 0 saturated carbocycles. The van der Waals surface area contributed by atoms with E-state index in [2.05, 4.69) is 25.8 Å².